The lowest BCUT2D eigenvalue weighted by molar-refractivity contribution is -0.00903. The van der Waals surface area contributed by atoms with Crippen LogP contribution in [-0.4, -0.2) is 42.4 Å². The highest BCUT2D eigenvalue weighted by atomic mass is 16.5. The van der Waals surface area contributed by atoms with E-state index < -0.39 is 0 Å². The summed E-state index contributed by atoms with van der Waals surface area (Å²) in [5.41, 5.74) is 4.15. The monoisotopic (exact) mass is 263 g/mol. The Morgan fingerprint density at radius 1 is 1.26 bits per heavy atom. The molecule has 1 aromatic carbocycles. The first kappa shape index (κ1) is 14.5. The van der Waals surface area contributed by atoms with Gasteiger partial charge in [0.15, 0.2) is 0 Å². The molecule has 1 saturated heterocycles. The Morgan fingerprint density at radius 3 is 2.68 bits per heavy atom. The molecule has 0 amide bonds. The van der Waals surface area contributed by atoms with Gasteiger partial charge in [-0.15, -0.1) is 0 Å². The van der Waals surface area contributed by atoms with Crippen LogP contribution in [0.15, 0.2) is 18.2 Å². The van der Waals surface area contributed by atoms with Crippen LogP contribution in [0.4, 0.5) is 0 Å². The van der Waals surface area contributed by atoms with Crippen LogP contribution in [0.1, 0.15) is 29.5 Å². The Hall–Kier alpha value is -0.900. The number of likely N-dealkylation sites (tertiary alicyclic amines) is 1. The topological polar surface area (TPSA) is 32.7 Å². The molecule has 1 aliphatic rings. The number of aliphatic hydroxyl groups excluding tert-OH is 1. The molecular formula is C16H25NO2. The fourth-order valence-electron chi connectivity index (χ4n) is 2.66. The molecule has 0 bridgehead atoms. The van der Waals surface area contributed by atoms with Gasteiger partial charge in [-0.1, -0.05) is 23.8 Å². The minimum atomic E-state index is 0.128. The lowest BCUT2D eigenvalue weighted by Crippen LogP contribution is -2.37. The maximum absolute atomic E-state index is 8.76. The Balaban J connectivity index is 1.83. The van der Waals surface area contributed by atoms with Gasteiger partial charge in [0, 0.05) is 19.6 Å². The fourth-order valence-corrected chi connectivity index (χ4v) is 2.66. The molecule has 0 spiro atoms. The minimum Gasteiger partial charge on any atom is -0.394 e. The van der Waals surface area contributed by atoms with Crippen molar-refractivity contribution in [3.63, 3.8) is 0 Å². The molecule has 19 heavy (non-hydrogen) atoms. The van der Waals surface area contributed by atoms with E-state index >= 15 is 0 Å². The van der Waals surface area contributed by atoms with Gasteiger partial charge in [-0.2, -0.15) is 0 Å². The normalized spacial score (nSPS) is 17.8. The van der Waals surface area contributed by atoms with Gasteiger partial charge < -0.3 is 9.84 Å². The summed E-state index contributed by atoms with van der Waals surface area (Å²) in [6, 6.07) is 6.68. The number of hydrogen-bond donors (Lipinski definition) is 1. The molecule has 2 rings (SSSR count). The number of benzene rings is 1. The summed E-state index contributed by atoms with van der Waals surface area (Å²) in [7, 11) is 0. The first-order valence-corrected chi connectivity index (χ1v) is 7.20. The van der Waals surface area contributed by atoms with Crippen molar-refractivity contribution >= 4 is 0 Å². The second-order valence-corrected chi connectivity index (χ2v) is 5.50. The predicted molar refractivity (Wildman–Crippen MR) is 77.3 cm³/mol. The first-order chi connectivity index (χ1) is 9.19. The van der Waals surface area contributed by atoms with Crippen LogP contribution in [0, 0.1) is 13.8 Å². The summed E-state index contributed by atoms with van der Waals surface area (Å²) in [5.74, 6) is 0. The van der Waals surface area contributed by atoms with E-state index in [-0.39, 0.29) is 6.61 Å². The SMILES string of the molecule is Cc1ccc(C)c(CN2CCC(OCCO)CC2)c1. The van der Waals surface area contributed by atoms with Crippen LogP contribution in [0.25, 0.3) is 0 Å². The van der Waals surface area contributed by atoms with Crippen molar-refractivity contribution in [2.45, 2.75) is 39.3 Å². The Labute approximate surface area is 116 Å². The highest BCUT2D eigenvalue weighted by Gasteiger charge is 2.19. The van der Waals surface area contributed by atoms with Crippen LogP contribution in [0.5, 0.6) is 0 Å². The number of ether oxygens (including phenoxy) is 1. The molecule has 0 unspecified atom stereocenters. The number of aryl methyl sites for hydroxylation is 2. The average Bonchev–Trinajstić information content (AvgIpc) is 2.42. The molecule has 0 aromatic heterocycles. The molecule has 0 aliphatic carbocycles. The summed E-state index contributed by atoms with van der Waals surface area (Å²) in [4.78, 5) is 2.50. The molecule has 1 aliphatic heterocycles. The van der Waals surface area contributed by atoms with Crippen molar-refractivity contribution in [2.24, 2.45) is 0 Å². The zero-order chi connectivity index (χ0) is 13.7. The van der Waals surface area contributed by atoms with Crippen LogP contribution >= 0.6 is 0 Å². The largest absolute Gasteiger partial charge is 0.394 e. The van der Waals surface area contributed by atoms with Gasteiger partial charge in [0.1, 0.15) is 0 Å². The van der Waals surface area contributed by atoms with E-state index in [1.807, 2.05) is 0 Å². The predicted octanol–water partition coefficient (Wildman–Crippen LogP) is 2.28. The van der Waals surface area contributed by atoms with Crippen LogP contribution in [0.3, 0.4) is 0 Å². The van der Waals surface area contributed by atoms with Crippen molar-refractivity contribution < 1.29 is 9.84 Å². The molecule has 0 radical (unpaired) electrons. The lowest BCUT2D eigenvalue weighted by Gasteiger charge is -2.32. The number of rotatable bonds is 5. The van der Waals surface area contributed by atoms with E-state index in [0.29, 0.717) is 12.7 Å². The summed E-state index contributed by atoms with van der Waals surface area (Å²) in [6.07, 6.45) is 2.48. The fraction of sp³-hybridized carbons (Fsp3) is 0.625. The van der Waals surface area contributed by atoms with Crippen LogP contribution in [0.2, 0.25) is 0 Å². The van der Waals surface area contributed by atoms with Crippen LogP contribution in [-0.2, 0) is 11.3 Å². The maximum atomic E-state index is 8.76. The number of nitrogens with zero attached hydrogens (tertiary/aromatic N) is 1. The number of piperidine rings is 1. The summed E-state index contributed by atoms with van der Waals surface area (Å²) in [5, 5.41) is 8.76. The number of hydrogen-bond acceptors (Lipinski definition) is 3. The van der Waals surface area contributed by atoms with Gasteiger partial charge in [0.05, 0.1) is 19.3 Å². The molecular weight excluding hydrogens is 238 g/mol. The smallest absolute Gasteiger partial charge is 0.0701 e. The van der Waals surface area contributed by atoms with Gasteiger partial charge in [-0.05, 0) is 37.8 Å². The van der Waals surface area contributed by atoms with Gasteiger partial charge >= 0.3 is 0 Å². The highest BCUT2D eigenvalue weighted by Crippen LogP contribution is 2.18. The van der Waals surface area contributed by atoms with Gasteiger partial charge in [-0.3, -0.25) is 4.90 Å². The third-order valence-electron chi connectivity index (χ3n) is 3.88. The van der Waals surface area contributed by atoms with Crippen molar-refractivity contribution in [1.29, 1.82) is 0 Å². The molecule has 3 nitrogen and oxygen atoms in total. The van der Waals surface area contributed by atoms with E-state index in [1.165, 1.54) is 16.7 Å². The summed E-state index contributed by atoms with van der Waals surface area (Å²) < 4.78 is 5.60. The zero-order valence-electron chi connectivity index (χ0n) is 12.1. The zero-order valence-corrected chi connectivity index (χ0v) is 12.1. The standard InChI is InChI=1S/C16H25NO2/c1-13-3-4-14(2)15(11-13)12-17-7-5-16(6-8-17)19-10-9-18/h3-4,11,16,18H,5-10,12H2,1-2H3. The van der Waals surface area contributed by atoms with E-state index in [9.17, 15) is 0 Å². The van der Waals surface area contributed by atoms with Crippen molar-refractivity contribution in [1.82, 2.24) is 4.90 Å². The molecule has 106 valence electrons. The summed E-state index contributed by atoms with van der Waals surface area (Å²) in [6.45, 7) is 8.15. The molecule has 1 N–H and O–H groups in total. The van der Waals surface area contributed by atoms with Crippen molar-refractivity contribution in [3.8, 4) is 0 Å². The van der Waals surface area contributed by atoms with Gasteiger partial charge in [-0.25, -0.2) is 0 Å². The Bertz CT molecular complexity index is 398. The third-order valence-corrected chi connectivity index (χ3v) is 3.88. The third kappa shape index (κ3) is 4.30. The molecule has 1 aromatic rings. The Morgan fingerprint density at radius 2 is 2.00 bits per heavy atom. The van der Waals surface area contributed by atoms with E-state index in [2.05, 4.69) is 36.9 Å². The van der Waals surface area contributed by atoms with Crippen LogP contribution < -0.4 is 0 Å². The van der Waals surface area contributed by atoms with Crippen molar-refractivity contribution in [2.75, 3.05) is 26.3 Å². The van der Waals surface area contributed by atoms with Gasteiger partial charge in [0.25, 0.3) is 0 Å². The minimum absolute atomic E-state index is 0.128. The first-order valence-electron chi connectivity index (χ1n) is 7.20. The Kier molecular flexibility index (Phi) is 5.37. The van der Waals surface area contributed by atoms with E-state index in [0.717, 1.165) is 32.5 Å². The molecule has 1 heterocycles. The molecule has 0 atom stereocenters. The highest BCUT2D eigenvalue weighted by molar-refractivity contribution is 5.30. The number of aliphatic hydroxyl groups is 1. The molecule has 3 heteroatoms. The lowest BCUT2D eigenvalue weighted by atomic mass is 10.0. The van der Waals surface area contributed by atoms with E-state index in [4.69, 9.17) is 9.84 Å². The average molecular weight is 263 g/mol. The van der Waals surface area contributed by atoms with Crippen molar-refractivity contribution in [3.05, 3.63) is 34.9 Å². The summed E-state index contributed by atoms with van der Waals surface area (Å²) >= 11 is 0. The second kappa shape index (κ2) is 7.04. The maximum Gasteiger partial charge on any atom is 0.0701 e. The quantitative estimate of drug-likeness (QED) is 0.884. The van der Waals surface area contributed by atoms with E-state index in [1.54, 1.807) is 0 Å². The molecule has 1 fully saturated rings. The molecule has 0 saturated carbocycles. The second-order valence-electron chi connectivity index (χ2n) is 5.50. The van der Waals surface area contributed by atoms with Gasteiger partial charge in [0.2, 0.25) is 0 Å².